The first kappa shape index (κ1) is 29.1. The fraction of sp³-hybridized carbons (Fsp3) is 0.280. The van der Waals surface area contributed by atoms with E-state index in [2.05, 4.69) is 15.0 Å². The van der Waals surface area contributed by atoms with Crippen LogP contribution in [0.2, 0.25) is 0 Å². The Hall–Kier alpha value is -4.43. The van der Waals surface area contributed by atoms with E-state index in [1.165, 1.54) is 40.9 Å². The van der Waals surface area contributed by atoms with E-state index in [4.69, 9.17) is 16.2 Å². The number of hydrogen-bond acceptors (Lipinski definition) is 6. The number of carboxylic acid groups (broad SMARTS) is 1. The van der Waals surface area contributed by atoms with Gasteiger partial charge in [0.1, 0.15) is 11.8 Å². The molecule has 13 nitrogen and oxygen atoms in total. The molecule has 0 fully saturated rings. The van der Waals surface area contributed by atoms with Gasteiger partial charge in [0.2, 0.25) is 10.0 Å². The number of aromatic nitrogens is 1. The number of nitrogens with two attached hydrogens (primary N) is 2. The van der Waals surface area contributed by atoms with Crippen molar-refractivity contribution in [3.05, 3.63) is 76.7 Å². The molecule has 0 bridgehead atoms. The minimum atomic E-state index is -4.14. The van der Waals surface area contributed by atoms with Gasteiger partial charge in [0.05, 0.1) is 23.6 Å². The predicted molar refractivity (Wildman–Crippen MR) is 143 cm³/mol. The van der Waals surface area contributed by atoms with Gasteiger partial charge in [0.15, 0.2) is 0 Å². The first-order valence-electron chi connectivity index (χ1n) is 12.1. The number of nitrogens with one attached hydrogen (secondary N) is 3. The normalized spacial score (nSPS) is 12.0. The average Bonchev–Trinajstić information content (AvgIpc) is 2.90. The molecule has 2 aromatic heterocycles. The Kier molecular flexibility index (Phi) is 10.0. The van der Waals surface area contributed by atoms with Gasteiger partial charge in [-0.1, -0.05) is 18.2 Å². The lowest BCUT2D eigenvalue weighted by Crippen LogP contribution is -2.78. The highest BCUT2D eigenvalue weighted by molar-refractivity contribution is 7.89. The summed E-state index contributed by atoms with van der Waals surface area (Å²) in [5.41, 5.74) is 10.6. The molecule has 208 valence electrons. The van der Waals surface area contributed by atoms with Gasteiger partial charge in [0, 0.05) is 30.4 Å². The van der Waals surface area contributed by atoms with E-state index >= 15 is 0 Å². The number of carbonyl (C=O) groups is 2. The molecule has 0 saturated heterocycles. The summed E-state index contributed by atoms with van der Waals surface area (Å²) in [5, 5.41) is 11.9. The van der Waals surface area contributed by atoms with E-state index in [-0.39, 0.29) is 16.4 Å². The minimum absolute atomic E-state index is 0.0179. The summed E-state index contributed by atoms with van der Waals surface area (Å²) in [4.78, 5) is 39.7. The Morgan fingerprint density at radius 3 is 2.49 bits per heavy atom. The van der Waals surface area contributed by atoms with Crippen molar-refractivity contribution >= 4 is 33.4 Å². The number of carboxylic acids is 1. The van der Waals surface area contributed by atoms with Crippen molar-refractivity contribution in [1.82, 2.24) is 14.4 Å². The highest BCUT2D eigenvalue weighted by Crippen LogP contribution is 2.15. The van der Waals surface area contributed by atoms with Gasteiger partial charge in [-0.05, 0) is 43.5 Å². The molecule has 0 aliphatic carbocycles. The van der Waals surface area contributed by atoms with E-state index in [0.717, 1.165) is 25.3 Å². The lowest BCUT2D eigenvalue weighted by molar-refractivity contribution is -0.459. The van der Waals surface area contributed by atoms with E-state index in [9.17, 15) is 27.9 Å². The number of pyridine rings is 2. The number of amides is 1. The van der Waals surface area contributed by atoms with Crippen LogP contribution in [-0.4, -0.2) is 61.5 Å². The zero-order chi connectivity index (χ0) is 28.4. The Labute approximate surface area is 224 Å². The van der Waals surface area contributed by atoms with Crippen LogP contribution < -0.4 is 36.8 Å². The number of ether oxygens (including phenoxy) is 1. The van der Waals surface area contributed by atoms with Gasteiger partial charge in [-0.25, -0.2) is 8.42 Å². The Bertz CT molecular complexity index is 1500. The van der Waals surface area contributed by atoms with Gasteiger partial charge in [-0.2, -0.15) is 4.72 Å². The molecule has 0 aliphatic heterocycles. The van der Waals surface area contributed by atoms with Crippen LogP contribution in [-0.2, 0) is 14.8 Å². The lowest BCUT2D eigenvalue weighted by atomic mass is 10.2. The number of guanidine groups is 1. The van der Waals surface area contributed by atoms with Gasteiger partial charge in [-0.15, -0.1) is 0 Å². The van der Waals surface area contributed by atoms with E-state index in [1.807, 2.05) is 0 Å². The molecule has 14 heteroatoms. The maximum absolute atomic E-state index is 12.7. The van der Waals surface area contributed by atoms with Gasteiger partial charge in [0.25, 0.3) is 11.5 Å². The van der Waals surface area contributed by atoms with E-state index in [1.54, 1.807) is 18.2 Å². The molecule has 39 heavy (non-hydrogen) atoms. The lowest BCUT2D eigenvalue weighted by Gasteiger charge is -2.16. The summed E-state index contributed by atoms with van der Waals surface area (Å²) in [7, 11) is -4.14. The first-order valence-corrected chi connectivity index (χ1v) is 13.5. The topological polar surface area (TPSA) is 209 Å². The Morgan fingerprint density at radius 1 is 1.05 bits per heavy atom. The third kappa shape index (κ3) is 8.55. The third-order valence-corrected chi connectivity index (χ3v) is 7.06. The summed E-state index contributed by atoms with van der Waals surface area (Å²) < 4.78 is 34.1. The summed E-state index contributed by atoms with van der Waals surface area (Å²) in [6.45, 7) is 0.560. The monoisotopic (exact) mass is 559 g/mol. The maximum Gasteiger partial charge on any atom is 0.338 e. The number of unbranched alkanes of at least 4 members (excludes halogenated alkanes) is 2. The van der Waals surface area contributed by atoms with Crippen LogP contribution in [0.3, 0.4) is 0 Å². The second-order valence-electron chi connectivity index (χ2n) is 8.57. The quantitative estimate of drug-likeness (QED) is 0.0759. The Morgan fingerprint density at radius 2 is 1.79 bits per heavy atom. The van der Waals surface area contributed by atoms with Crippen molar-refractivity contribution < 1.29 is 32.8 Å². The number of carbonyl (C=O) groups excluding carboxylic acids is 1. The molecule has 3 rings (SSSR count). The van der Waals surface area contributed by atoms with Crippen LogP contribution in [0, 0.1) is 0 Å². The smallest absolute Gasteiger partial charge is 0.338 e. The molecule has 2 heterocycles. The fourth-order valence-corrected chi connectivity index (χ4v) is 4.80. The summed E-state index contributed by atoms with van der Waals surface area (Å²) in [6, 6.07) is 11.4. The summed E-state index contributed by atoms with van der Waals surface area (Å²) >= 11 is 0. The number of benzene rings is 1. The second kappa shape index (κ2) is 13.4. The number of aliphatic carboxylic acids is 1. The Balaban J connectivity index is 1.63. The largest absolute Gasteiger partial charge is 0.493 e. The standard InChI is InChI=1S/C25H30N6O7S/c26-25(27)28-10-5-2-6-12-38-19-9-11-31-18(15-19)13-17(14-22(31)32)23(33)29-16-21(24(34)35)30-39(36,37)20-7-3-1-4-8-20/h1,3-4,7-9,11,13-15,21,30H,2,5-6,10,12,16H2,(H,29,33)(H,34,35)(H4,26,27,28)/p+1. The van der Waals surface area contributed by atoms with Crippen molar-refractivity contribution in [2.24, 2.45) is 11.5 Å². The van der Waals surface area contributed by atoms with E-state index in [0.29, 0.717) is 24.4 Å². The van der Waals surface area contributed by atoms with E-state index < -0.39 is 40.0 Å². The maximum atomic E-state index is 12.7. The van der Waals surface area contributed by atoms with Crippen molar-refractivity contribution in [3.8, 4) is 5.75 Å². The van der Waals surface area contributed by atoms with Crippen LogP contribution in [0.25, 0.3) is 5.52 Å². The van der Waals surface area contributed by atoms with Crippen LogP contribution in [0.5, 0.6) is 5.75 Å². The molecule has 1 atom stereocenters. The SMILES string of the molecule is NC(N)=[NH+]CCCCCOc1ccn2c(=O)cc(C(=O)NCC(NS(=O)(=O)c3ccccc3)C(=O)O)cc2c1. The zero-order valence-corrected chi connectivity index (χ0v) is 21.8. The van der Waals surface area contributed by atoms with Crippen molar-refractivity contribution in [2.45, 2.75) is 30.2 Å². The predicted octanol–water partition coefficient (Wildman–Crippen LogP) is -1.64. The zero-order valence-electron chi connectivity index (χ0n) is 21.0. The van der Waals surface area contributed by atoms with Crippen LogP contribution in [0.4, 0.5) is 0 Å². The molecular weight excluding hydrogens is 528 g/mol. The van der Waals surface area contributed by atoms with Gasteiger partial charge < -0.3 is 15.2 Å². The number of nitrogens with zero attached hydrogens (tertiary/aromatic N) is 1. The molecule has 0 aliphatic rings. The molecule has 8 N–H and O–H groups in total. The van der Waals surface area contributed by atoms with Crippen LogP contribution in [0.1, 0.15) is 29.6 Å². The van der Waals surface area contributed by atoms with Gasteiger partial charge >= 0.3 is 11.9 Å². The molecule has 0 radical (unpaired) electrons. The first-order chi connectivity index (χ1) is 18.6. The summed E-state index contributed by atoms with van der Waals surface area (Å²) in [5.74, 6) is -1.53. The molecule has 0 saturated carbocycles. The molecule has 3 aromatic rings. The highest BCUT2D eigenvalue weighted by atomic mass is 32.2. The average molecular weight is 560 g/mol. The second-order valence-corrected chi connectivity index (χ2v) is 10.3. The van der Waals surface area contributed by atoms with Crippen molar-refractivity contribution in [1.29, 1.82) is 0 Å². The highest BCUT2D eigenvalue weighted by Gasteiger charge is 2.26. The van der Waals surface area contributed by atoms with Gasteiger partial charge in [-0.3, -0.25) is 35.2 Å². The molecule has 0 spiro atoms. The van der Waals surface area contributed by atoms with Crippen LogP contribution in [0.15, 0.2) is 70.5 Å². The molecule has 1 aromatic carbocycles. The van der Waals surface area contributed by atoms with Crippen LogP contribution >= 0.6 is 0 Å². The fourth-order valence-electron chi connectivity index (χ4n) is 3.59. The van der Waals surface area contributed by atoms with Crippen molar-refractivity contribution in [2.75, 3.05) is 19.7 Å². The molecule has 1 amide bonds. The number of rotatable bonds is 14. The number of sulfonamides is 1. The van der Waals surface area contributed by atoms with Crippen molar-refractivity contribution in [3.63, 3.8) is 0 Å². The number of hydrogen-bond donors (Lipinski definition) is 6. The minimum Gasteiger partial charge on any atom is -0.493 e. The third-order valence-electron chi connectivity index (χ3n) is 5.57. The number of fused-ring (bicyclic) bond motifs is 1. The molecule has 1 unspecified atom stereocenters. The summed E-state index contributed by atoms with van der Waals surface area (Å²) in [6.07, 6.45) is 4.06. The molecular formula is C25H31N6O7S+.